The van der Waals surface area contributed by atoms with Crippen LogP contribution in [0.1, 0.15) is 38.7 Å². The Balaban J connectivity index is 2.57. The second-order valence-corrected chi connectivity index (χ2v) is 5.39. The average molecular weight is 281 g/mol. The van der Waals surface area contributed by atoms with E-state index in [4.69, 9.17) is 10.5 Å². The number of ketones is 1. The maximum atomic E-state index is 14.0. The van der Waals surface area contributed by atoms with Gasteiger partial charge in [-0.25, -0.2) is 4.39 Å². The third kappa shape index (κ3) is 4.93. The minimum absolute atomic E-state index is 0.0572. The first-order chi connectivity index (χ1) is 9.45. The second kappa shape index (κ2) is 8.00. The Morgan fingerprint density at radius 3 is 2.65 bits per heavy atom. The van der Waals surface area contributed by atoms with Crippen LogP contribution in [-0.2, 0) is 11.2 Å². The van der Waals surface area contributed by atoms with Crippen molar-refractivity contribution in [1.82, 2.24) is 0 Å². The number of carbonyl (C=O) groups is 1. The van der Waals surface area contributed by atoms with Crippen LogP contribution in [-0.4, -0.2) is 18.9 Å². The van der Waals surface area contributed by atoms with Gasteiger partial charge in [0.05, 0.1) is 7.11 Å². The summed E-state index contributed by atoms with van der Waals surface area (Å²) in [7, 11) is 1.42. The van der Waals surface area contributed by atoms with E-state index in [0.717, 1.165) is 19.3 Å². The van der Waals surface area contributed by atoms with Crippen LogP contribution >= 0.6 is 0 Å². The molecule has 0 amide bonds. The number of benzene rings is 1. The topological polar surface area (TPSA) is 52.3 Å². The molecule has 1 rings (SSSR count). The van der Waals surface area contributed by atoms with Crippen molar-refractivity contribution in [3.8, 4) is 5.75 Å². The summed E-state index contributed by atoms with van der Waals surface area (Å²) < 4.78 is 18.9. The lowest BCUT2D eigenvalue weighted by atomic mass is 9.94. The molecule has 0 heterocycles. The molecular formula is C16H24FNO2. The SMILES string of the molecule is COc1cccc(CC(=O)C(C)CCCC(C)N)c1F. The molecule has 20 heavy (non-hydrogen) atoms. The molecule has 2 unspecified atom stereocenters. The van der Waals surface area contributed by atoms with E-state index in [0.29, 0.717) is 5.56 Å². The fourth-order valence-corrected chi connectivity index (χ4v) is 2.12. The number of carbonyl (C=O) groups excluding carboxylic acids is 1. The molecule has 0 bridgehead atoms. The fraction of sp³-hybridized carbons (Fsp3) is 0.562. The summed E-state index contributed by atoms with van der Waals surface area (Å²) in [6.07, 6.45) is 2.74. The first kappa shape index (κ1) is 16.6. The third-order valence-corrected chi connectivity index (χ3v) is 3.47. The zero-order valence-electron chi connectivity index (χ0n) is 12.5. The molecule has 4 heteroatoms. The quantitative estimate of drug-likeness (QED) is 0.796. The van der Waals surface area contributed by atoms with Gasteiger partial charge in [0.1, 0.15) is 5.78 Å². The van der Waals surface area contributed by atoms with E-state index < -0.39 is 5.82 Å². The normalized spacial score (nSPS) is 13.8. The van der Waals surface area contributed by atoms with Crippen molar-refractivity contribution in [2.45, 2.75) is 45.6 Å². The van der Waals surface area contributed by atoms with Gasteiger partial charge in [0.15, 0.2) is 11.6 Å². The maximum absolute atomic E-state index is 14.0. The lowest BCUT2D eigenvalue weighted by Crippen LogP contribution is -2.17. The highest BCUT2D eigenvalue weighted by atomic mass is 19.1. The van der Waals surface area contributed by atoms with Crippen LogP contribution in [0.2, 0.25) is 0 Å². The minimum Gasteiger partial charge on any atom is -0.494 e. The highest BCUT2D eigenvalue weighted by molar-refractivity contribution is 5.83. The summed E-state index contributed by atoms with van der Waals surface area (Å²) in [5.41, 5.74) is 6.08. The second-order valence-electron chi connectivity index (χ2n) is 5.39. The smallest absolute Gasteiger partial charge is 0.168 e. The molecule has 1 aromatic carbocycles. The number of nitrogens with two attached hydrogens (primary N) is 1. The molecular weight excluding hydrogens is 257 g/mol. The highest BCUT2D eigenvalue weighted by Gasteiger charge is 2.17. The molecule has 0 aliphatic rings. The van der Waals surface area contributed by atoms with E-state index in [1.54, 1.807) is 18.2 Å². The van der Waals surface area contributed by atoms with Gasteiger partial charge in [0.25, 0.3) is 0 Å². The van der Waals surface area contributed by atoms with Crippen LogP contribution in [0.25, 0.3) is 0 Å². The van der Waals surface area contributed by atoms with E-state index in [1.807, 2.05) is 13.8 Å². The van der Waals surface area contributed by atoms with E-state index in [-0.39, 0.29) is 29.9 Å². The average Bonchev–Trinajstić information content (AvgIpc) is 2.40. The van der Waals surface area contributed by atoms with Gasteiger partial charge in [-0.1, -0.05) is 25.5 Å². The van der Waals surface area contributed by atoms with Gasteiger partial charge >= 0.3 is 0 Å². The van der Waals surface area contributed by atoms with Gasteiger partial charge < -0.3 is 10.5 Å². The standard InChI is InChI=1S/C16H24FNO2/c1-11(6-4-7-12(2)18)14(19)10-13-8-5-9-15(20-3)16(13)17/h5,8-9,11-12H,4,6-7,10,18H2,1-3H3. The van der Waals surface area contributed by atoms with Gasteiger partial charge in [0.2, 0.25) is 0 Å². The summed E-state index contributed by atoms with van der Waals surface area (Å²) in [5.74, 6) is -0.271. The Bertz CT molecular complexity index is 446. The van der Waals surface area contributed by atoms with Crippen LogP contribution in [0.5, 0.6) is 5.75 Å². The lowest BCUT2D eigenvalue weighted by molar-refractivity contribution is -0.122. The summed E-state index contributed by atoms with van der Waals surface area (Å²) in [6, 6.07) is 5.04. The molecule has 112 valence electrons. The van der Waals surface area contributed by atoms with Crippen LogP contribution in [0, 0.1) is 11.7 Å². The zero-order chi connectivity index (χ0) is 15.1. The number of Topliss-reactive ketones (excluding diaryl/α,β-unsaturated/α-hetero) is 1. The molecule has 0 saturated carbocycles. The molecule has 2 atom stereocenters. The largest absolute Gasteiger partial charge is 0.494 e. The van der Waals surface area contributed by atoms with Crippen molar-refractivity contribution in [2.75, 3.05) is 7.11 Å². The molecule has 0 saturated heterocycles. The Morgan fingerprint density at radius 1 is 1.35 bits per heavy atom. The van der Waals surface area contributed by atoms with Crippen LogP contribution in [0.15, 0.2) is 18.2 Å². The molecule has 2 N–H and O–H groups in total. The highest BCUT2D eigenvalue weighted by Crippen LogP contribution is 2.22. The van der Waals surface area contributed by atoms with Gasteiger partial charge in [-0.2, -0.15) is 0 Å². The zero-order valence-corrected chi connectivity index (χ0v) is 12.5. The summed E-state index contributed by atoms with van der Waals surface area (Å²) >= 11 is 0. The summed E-state index contributed by atoms with van der Waals surface area (Å²) in [6.45, 7) is 3.85. The van der Waals surface area contributed by atoms with Crippen molar-refractivity contribution in [2.24, 2.45) is 11.7 Å². The molecule has 0 spiro atoms. The van der Waals surface area contributed by atoms with Gasteiger partial charge in [0, 0.05) is 18.4 Å². The number of rotatable bonds is 8. The first-order valence-electron chi connectivity index (χ1n) is 7.05. The predicted octanol–water partition coefficient (Wildman–Crippen LogP) is 3.10. The molecule has 0 aromatic heterocycles. The van der Waals surface area contributed by atoms with Crippen molar-refractivity contribution < 1.29 is 13.9 Å². The fourth-order valence-electron chi connectivity index (χ4n) is 2.12. The molecule has 0 aliphatic carbocycles. The predicted molar refractivity (Wildman–Crippen MR) is 78.3 cm³/mol. The first-order valence-corrected chi connectivity index (χ1v) is 7.05. The maximum Gasteiger partial charge on any atom is 0.168 e. The monoisotopic (exact) mass is 281 g/mol. The Hall–Kier alpha value is -1.42. The van der Waals surface area contributed by atoms with Gasteiger partial charge in [-0.3, -0.25) is 4.79 Å². The Morgan fingerprint density at radius 2 is 2.05 bits per heavy atom. The van der Waals surface area contributed by atoms with E-state index in [2.05, 4.69) is 0 Å². The van der Waals surface area contributed by atoms with Gasteiger partial charge in [-0.15, -0.1) is 0 Å². The van der Waals surface area contributed by atoms with Crippen molar-refractivity contribution in [3.63, 3.8) is 0 Å². The molecule has 3 nitrogen and oxygen atoms in total. The van der Waals surface area contributed by atoms with Crippen molar-refractivity contribution >= 4 is 5.78 Å². The molecule has 1 aromatic rings. The van der Waals surface area contributed by atoms with Crippen LogP contribution in [0.3, 0.4) is 0 Å². The Labute approximate surface area is 120 Å². The number of ether oxygens (including phenoxy) is 1. The van der Waals surface area contributed by atoms with Crippen molar-refractivity contribution in [1.29, 1.82) is 0 Å². The van der Waals surface area contributed by atoms with E-state index >= 15 is 0 Å². The van der Waals surface area contributed by atoms with Crippen LogP contribution in [0.4, 0.5) is 4.39 Å². The molecule has 0 fully saturated rings. The number of hydrogen-bond donors (Lipinski definition) is 1. The third-order valence-electron chi connectivity index (χ3n) is 3.47. The van der Waals surface area contributed by atoms with E-state index in [1.165, 1.54) is 7.11 Å². The summed E-state index contributed by atoms with van der Waals surface area (Å²) in [5, 5.41) is 0. The minimum atomic E-state index is -0.439. The summed E-state index contributed by atoms with van der Waals surface area (Å²) in [4.78, 5) is 12.1. The number of hydrogen-bond acceptors (Lipinski definition) is 3. The Kier molecular flexibility index (Phi) is 6.65. The van der Waals surface area contributed by atoms with Gasteiger partial charge in [-0.05, 0) is 31.4 Å². The van der Waals surface area contributed by atoms with Crippen LogP contribution < -0.4 is 10.5 Å². The van der Waals surface area contributed by atoms with E-state index in [9.17, 15) is 9.18 Å². The molecule has 0 aliphatic heterocycles. The lowest BCUT2D eigenvalue weighted by Gasteiger charge is -2.12. The van der Waals surface area contributed by atoms with Crippen molar-refractivity contribution in [3.05, 3.63) is 29.6 Å². The molecule has 0 radical (unpaired) electrons. The number of halogens is 1. The number of methoxy groups -OCH3 is 1.